The van der Waals surface area contributed by atoms with Crippen molar-refractivity contribution in [1.29, 1.82) is 0 Å². The highest BCUT2D eigenvalue weighted by Gasteiger charge is 2.07. The minimum absolute atomic E-state index is 0.616. The Balaban J connectivity index is 2.22. The summed E-state index contributed by atoms with van der Waals surface area (Å²) in [5.41, 5.74) is 0.901. The van der Waals surface area contributed by atoms with E-state index in [4.69, 9.17) is 0 Å². The highest BCUT2D eigenvalue weighted by atomic mass is 32.2. The maximum absolute atomic E-state index is 11.5. The summed E-state index contributed by atoms with van der Waals surface area (Å²) in [5.74, 6) is 2.73. The molecule has 1 aromatic carbocycles. The van der Waals surface area contributed by atoms with Gasteiger partial charge in [0.1, 0.15) is 5.82 Å². The van der Waals surface area contributed by atoms with Gasteiger partial charge >= 0.3 is 0 Å². The Labute approximate surface area is 121 Å². The number of benzene rings is 1. The van der Waals surface area contributed by atoms with Crippen molar-refractivity contribution in [2.24, 2.45) is 0 Å². The van der Waals surface area contributed by atoms with Crippen molar-refractivity contribution < 1.29 is 4.21 Å². The number of anilines is 2. The van der Waals surface area contributed by atoms with Crippen molar-refractivity contribution in [3.63, 3.8) is 0 Å². The van der Waals surface area contributed by atoms with Gasteiger partial charge < -0.3 is 10.6 Å². The fourth-order valence-electron chi connectivity index (χ4n) is 1.88. The molecule has 2 N–H and O–H groups in total. The third-order valence-electron chi connectivity index (χ3n) is 2.88. The van der Waals surface area contributed by atoms with Crippen LogP contribution in [0.2, 0.25) is 0 Å². The van der Waals surface area contributed by atoms with Crippen LogP contribution in [0, 0.1) is 0 Å². The number of rotatable bonds is 7. The number of nitrogens with one attached hydrogen (secondary N) is 2. The Morgan fingerprint density at radius 3 is 2.70 bits per heavy atom. The predicted molar refractivity (Wildman–Crippen MR) is 85.7 cm³/mol. The number of aromatic nitrogens is 2. The molecule has 1 atom stereocenters. The topological polar surface area (TPSA) is 66.9 Å². The van der Waals surface area contributed by atoms with Crippen LogP contribution in [0.5, 0.6) is 0 Å². The molecule has 2 aromatic rings. The number of hydrogen-bond acceptors (Lipinski definition) is 5. The van der Waals surface area contributed by atoms with E-state index in [1.807, 2.05) is 38.1 Å². The summed E-state index contributed by atoms with van der Waals surface area (Å²) < 4.78 is 11.5. The Morgan fingerprint density at radius 1 is 1.15 bits per heavy atom. The second kappa shape index (κ2) is 7.19. The lowest BCUT2D eigenvalue weighted by Gasteiger charge is -2.10. The first kappa shape index (κ1) is 14.7. The van der Waals surface area contributed by atoms with Crippen molar-refractivity contribution >= 4 is 33.5 Å². The van der Waals surface area contributed by atoms with Crippen molar-refractivity contribution in [2.75, 3.05) is 35.2 Å². The molecule has 2 rings (SSSR count). The smallest absolute Gasteiger partial charge is 0.225 e. The lowest BCUT2D eigenvalue weighted by Crippen LogP contribution is -2.14. The molecule has 108 valence electrons. The second-order valence-corrected chi connectivity index (χ2v) is 6.17. The molecule has 1 unspecified atom stereocenters. The van der Waals surface area contributed by atoms with Crippen LogP contribution in [0.15, 0.2) is 24.3 Å². The van der Waals surface area contributed by atoms with Gasteiger partial charge in [0, 0.05) is 40.8 Å². The quantitative estimate of drug-likeness (QED) is 0.819. The van der Waals surface area contributed by atoms with Gasteiger partial charge in [-0.05, 0) is 19.1 Å². The van der Waals surface area contributed by atoms with Gasteiger partial charge in [-0.15, -0.1) is 0 Å². The molecule has 0 radical (unpaired) electrons. The zero-order valence-electron chi connectivity index (χ0n) is 11.8. The molecular formula is C14H20N4OS. The zero-order valence-corrected chi connectivity index (χ0v) is 12.7. The average Bonchev–Trinajstić information content (AvgIpc) is 2.47. The minimum Gasteiger partial charge on any atom is -0.368 e. The molecule has 0 amide bonds. The van der Waals surface area contributed by atoms with Crippen LogP contribution in [-0.4, -0.2) is 38.8 Å². The summed E-state index contributed by atoms with van der Waals surface area (Å²) >= 11 is 0. The van der Waals surface area contributed by atoms with Crippen molar-refractivity contribution in [2.45, 2.75) is 13.8 Å². The maximum atomic E-state index is 11.5. The molecule has 0 aliphatic rings. The van der Waals surface area contributed by atoms with E-state index in [1.165, 1.54) is 0 Å². The van der Waals surface area contributed by atoms with E-state index in [2.05, 4.69) is 20.6 Å². The number of fused-ring (bicyclic) bond motifs is 1. The van der Waals surface area contributed by atoms with Crippen LogP contribution < -0.4 is 10.6 Å². The van der Waals surface area contributed by atoms with Crippen LogP contribution in [0.3, 0.4) is 0 Å². The molecule has 20 heavy (non-hydrogen) atoms. The lowest BCUT2D eigenvalue weighted by atomic mass is 10.2. The third-order valence-corrected chi connectivity index (χ3v) is 4.19. The van der Waals surface area contributed by atoms with Crippen molar-refractivity contribution in [1.82, 2.24) is 9.97 Å². The van der Waals surface area contributed by atoms with Crippen molar-refractivity contribution in [3.05, 3.63) is 24.3 Å². The van der Waals surface area contributed by atoms with Gasteiger partial charge in [-0.2, -0.15) is 4.98 Å². The molecule has 0 fully saturated rings. The largest absolute Gasteiger partial charge is 0.368 e. The van der Waals surface area contributed by atoms with Crippen molar-refractivity contribution in [3.8, 4) is 0 Å². The number of para-hydroxylation sites is 1. The molecule has 5 nitrogen and oxygen atoms in total. The Morgan fingerprint density at radius 2 is 1.95 bits per heavy atom. The Bertz CT molecular complexity index is 603. The van der Waals surface area contributed by atoms with Gasteiger partial charge in [0.25, 0.3) is 0 Å². The Kier molecular flexibility index (Phi) is 5.29. The predicted octanol–water partition coefficient (Wildman–Crippen LogP) is 2.24. The second-order valence-electron chi connectivity index (χ2n) is 4.30. The van der Waals surface area contributed by atoms with Gasteiger partial charge in [-0.3, -0.25) is 4.21 Å². The van der Waals surface area contributed by atoms with Crippen LogP contribution in [0.4, 0.5) is 11.8 Å². The monoisotopic (exact) mass is 292 g/mol. The van der Waals surface area contributed by atoms with Gasteiger partial charge in [0.2, 0.25) is 5.95 Å². The molecule has 0 aliphatic carbocycles. The summed E-state index contributed by atoms with van der Waals surface area (Å²) in [6.45, 7) is 5.36. The SMILES string of the molecule is CCNc1nc(NCCS(=O)CC)c2ccccc2n1. The van der Waals surface area contributed by atoms with E-state index in [9.17, 15) is 4.21 Å². The molecule has 1 aromatic heterocycles. The summed E-state index contributed by atoms with van der Waals surface area (Å²) in [6, 6.07) is 7.88. The normalized spacial score (nSPS) is 12.3. The summed E-state index contributed by atoms with van der Waals surface area (Å²) in [6.07, 6.45) is 0. The summed E-state index contributed by atoms with van der Waals surface area (Å²) in [5, 5.41) is 7.38. The number of hydrogen-bond donors (Lipinski definition) is 2. The molecule has 0 aliphatic heterocycles. The van der Waals surface area contributed by atoms with Gasteiger partial charge in [0.15, 0.2) is 0 Å². The summed E-state index contributed by atoms with van der Waals surface area (Å²) in [7, 11) is -0.765. The molecule has 0 saturated carbocycles. The van der Waals surface area contributed by atoms with Gasteiger partial charge in [0.05, 0.1) is 5.52 Å². The molecular weight excluding hydrogens is 272 g/mol. The third kappa shape index (κ3) is 3.66. The molecule has 0 saturated heterocycles. The molecule has 0 spiro atoms. The standard InChI is InChI=1S/C14H20N4OS/c1-3-15-14-17-12-8-6-5-7-11(12)13(18-14)16-9-10-20(19)4-2/h5-8H,3-4,9-10H2,1-2H3,(H2,15,16,17,18). The summed E-state index contributed by atoms with van der Waals surface area (Å²) in [4.78, 5) is 8.94. The van der Waals surface area contributed by atoms with Crippen LogP contribution in [0.25, 0.3) is 10.9 Å². The first-order valence-corrected chi connectivity index (χ1v) is 8.33. The fourth-order valence-corrected chi connectivity index (χ4v) is 2.49. The van der Waals surface area contributed by atoms with E-state index in [-0.39, 0.29) is 0 Å². The molecule has 0 bridgehead atoms. The van der Waals surface area contributed by atoms with E-state index in [1.54, 1.807) is 0 Å². The minimum atomic E-state index is -0.765. The average molecular weight is 292 g/mol. The van der Waals surface area contributed by atoms with Crippen LogP contribution >= 0.6 is 0 Å². The maximum Gasteiger partial charge on any atom is 0.225 e. The highest BCUT2D eigenvalue weighted by molar-refractivity contribution is 7.84. The molecule has 1 heterocycles. The van der Waals surface area contributed by atoms with Crippen LogP contribution in [0.1, 0.15) is 13.8 Å². The van der Waals surface area contributed by atoms with E-state index in [0.29, 0.717) is 24.0 Å². The highest BCUT2D eigenvalue weighted by Crippen LogP contribution is 2.21. The fraction of sp³-hybridized carbons (Fsp3) is 0.429. The van der Waals surface area contributed by atoms with E-state index < -0.39 is 10.8 Å². The first-order chi connectivity index (χ1) is 9.74. The lowest BCUT2D eigenvalue weighted by molar-refractivity contribution is 0.684. The first-order valence-electron chi connectivity index (χ1n) is 6.84. The van der Waals surface area contributed by atoms with E-state index >= 15 is 0 Å². The van der Waals surface area contributed by atoms with Crippen LogP contribution in [-0.2, 0) is 10.8 Å². The van der Waals surface area contributed by atoms with E-state index in [0.717, 1.165) is 23.3 Å². The Hall–Kier alpha value is -1.69. The zero-order chi connectivity index (χ0) is 14.4. The molecule has 6 heteroatoms. The van der Waals surface area contributed by atoms with Gasteiger partial charge in [-0.25, -0.2) is 4.98 Å². The number of nitrogens with zero attached hydrogens (tertiary/aromatic N) is 2. The van der Waals surface area contributed by atoms with Gasteiger partial charge in [-0.1, -0.05) is 19.1 Å².